The molecule has 1 aliphatic rings. The molecule has 1 aromatic heterocycles. The molecule has 3 heteroatoms. The fourth-order valence-electron chi connectivity index (χ4n) is 2.11. The van der Waals surface area contributed by atoms with Gasteiger partial charge in [-0.2, -0.15) is 0 Å². The second kappa shape index (κ2) is 4.73. The van der Waals surface area contributed by atoms with Gasteiger partial charge in [0.05, 0.1) is 11.8 Å². The van der Waals surface area contributed by atoms with Crippen molar-refractivity contribution in [1.82, 2.24) is 10.3 Å². The van der Waals surface area contributed by atoms with Crippen LogP contribution in [0.1, 0.15) is 30.5 Å². The topological polar surface area (TPSA) is 45.2 Å². The van der Waals surface area contributed by atoms with Crippen LogP contribution >= 0.6 is 0 Å². The highest BCUT2D eigenvalue weighted by Gasteiger charge is 2.24. The predicted molar refractivity (Wildman–Crippen MR) is 59.5 cm³/mol. The molecule has 2 rings (SSSR count). The van der Waals surface area contributed by atoms with Crippen molar-refractivity contribution < 1.29 is 5.11 Å². The first-order valence-electron chi connectivity index (χ1n) is 5.59. The largest absolute Gasteiger partial charge is 0.392 e. The van der Waals surface area contributed by atoms with Crippen molar-refractivity contribution in [1.29, 1.82) is 0 Å². The maximum atomic E-state index is 9.65. The van der Waals surface area contributed by atoms with Gasteiger partial charge in [-0.15, -0.1) is 0 Å². The third-order valence-corrected chi connectivity index (χ3v) is 3.13. The molecule has 1 aliphatic carbocycles. The number of rotatable bonds is 3. The summed E-state index contributed by atoms with van der Waals surface area (Å²) >= 11 is 0. The van der Waals surface area contributed by atoms with Gasteiger partial charge in [0.25, 0.3) is 0 Å². The molecule has 1 saturated carbocycles. The fraction of sp³-hybridized carbons (Fsp3) is 0.583. The van der Waals surface area contributed by atoms with Gasteiger partial charge in [-0.1, -0.05) is 6.07 Å². The third kappa shape index (κ3) is 2.55. The summed E-state index contributed by atoms with van der Waals surface area (Å²) in [5.74, 6) is 0. The average molecular weight is 206 g/mol. The van der Waals surface area contributed by atoms with Crippen LogP contribution in [0, 0.1) is 6.92 Å². The van der Waals surface area contributed by atoms with Crippen LogP contribution in [0.4, 0.5) is 0 Å². The van der Waals surface area contributed by atoms with Crippen LogP contribution in [0.3, 0.4) is 0 Å². The lowest BCUT2D eigenvalue weighted by Gasteiger charge is -2.16. The van der Waals surface area contributed by atoms with Gasteiger partial charge >= 0.3 is 0 Å². The van der Waals surface area contributed by atoms with Crippen LogP contribution in [0.25, 0.3) is 0 Å². The molecule has 1 heterocycles. The molecule has 2 N–H and O–H groups in total. The number of pyridine rings is 1. The first-order valence-corrected chi connectivity index (χ1v) is 5.59. The number of nitrogens with one attached hydrogen (secondary N) is 1. The standard InChI is InChI=1S/C12H18N2O/c1-9-4-3-7-13-11(9)8-14-10-5-2-6-12(10)15/h3-4,7,10,12,14-15H,2,5-6,8H2,1H3/t10-,12-/m0/s1. The lowest BCUT2D eigenvalue weighted by Crippen LogP contribution is -2.35. The van der Waals surface area contributed by atoms with Gasteiger partial charge in [-0.3, -0.25) is 4.98 Å². The van der Waals surface area contributed by atoms with Gasteiger partial charge in [0.2, 0.25) is 0 Å². The third-order valence-electron chi connectivity index (χ3n) is 3.13. The highest BCUT2D eigenvalue weighted by atomic mass is 16.3. The van der Waals surface area contributed by atoms with Crippen molar-refractivity contribution in [3.63, 3.8) is 0 Å². The quantitative estimate of drug-likeness (QED) is 0.785. The molecule has 2 atom stereocenters. The zero-order valence-corrected chi connectivity index (χ0v) is 9.11. The Morgan fingerprint density at radius 2 is 2.40 bits per heavy atom. The molecule has 0 aliphatic heterocycles. The molecule has 0 unspecified atom stereocenters. The Kier molecular flexibility index (Phi) is 3.34. The van der Waals surface area contributed by atoms with Crippen molar-refractivity contribution in [3.05, 3.63) is 29.6 Å². The maximum Gasteiger partial charge on any atom is 0.0693 e. The molecule has 0 radical (unpaired) electrons. The first-order chi connectivity index (χ1) is 7.27. The summed E-state index contributed by atoms with van der Waals surface area (Å²) in [4.78, 5) is 4.32. The van der Waals surface area contributed by atoms with Crippen LogP contribution < -0.4 is 5.32 Å². The van der Waals surface area contributed by atoms with Gasteiger partial charge in [-0.25, -0.2) is 0 Å². The summed E-state index contributed by atoms with van der Waals surface area (Å²) in [7, 11) is 0. The van der Waals surface area contributed by atoms with Gasteiger partial charge in [-0.05, 0) is 37.8 Å². The summed E-state index contributed by atoms with van der Waals surface area (Å²) in [6, 6.07) is 4.27. The van der Waals surface area contributed by atoms with Crippen molar-refractivity contribution in [3.8, 4) is 0 Å². The van der Waals surface area contributed by atoms with Crippen molar-refractivity contribution in [2.45, 2.75) is 44.9 Å². The van der Waals surface area contributed by atoms with E-state index in [4.69, 9.17) is 0 Å². The van der Waals surface area contributed by atoms with Crippen LogP contribution in [0.2, 0.25) is 0 Å². The van der Waals surface area contributed by atoms with E-state index in [2.05, 4.69) is 23.3 Å². The Hall–Kier alpha value is -0.930. The molecular formula is C12H18N2O. The number of nitrogens with zero attached hydrogens (tertiary/aromatic N) is 1. The second-order valence-corrected chi connectivity index (χ2v) is 4.25. The lowest BCUT2D eigenvalue weighted by molar-refractivity contribution is 0.148. The molecule has 15 heavy (non-hydrogen) atoms. The molecule has 0 saturated heterocycles. The van der Waals surface area contributed by atoms with Gasteiger partial charge in [0.1, 0.15) is 0 Å². The van der Waals surface area contributed by atoms with Gasteiger partial charge < -0.3 is 10.4 Å². The minimum atomic E-state index is -0.172. The van der Waals surface area contributed by atoms with E-state index in [0.29, 0.717) is 0 Å². The number of hydrogen-bond acceptors (Lipinski definition) is 3. The van der Waals surface area contributed by atoms with E-state index < -0.39 is 0 Å². The summed E-state index contributed by atoms with van der Waals surface area (Å²) in [6.07, 6.45) is 4.77. The Labute approximate surface area is 90.5 Å². The van der Waals surface area contributed by atoms with Crippen LogP contribution in [-0.4, -0.2) is 22.2 Å². The normalized spacial score (nSPS) is 25.7. The van der Waals surface area contributed by atoms with Crippen LogP contribution in [0.15, 0.2) is 18.3 Å². The first kappa shape index (κ1) is 10.6. The summed E-state index contributed by atoms with van der Waals surface area (Å²) in [5.41, 5.74) is 2.29. The van der Waals surface area contributed by atoms with Crippen molar-refractivity contribution >= 4 is 0 Å². The molecular weight excluding hydrogens is 188 g/mol. The average Bonchev–Trinajstić information content (AvgIpc) is 2.63. The van der Waals surface area contributed by atoms with E-state index in [1.807, 2.05) is 12.3 Å². The number of aliphatic hydroxyl groups is 1. The lowest BCUT2D eigenvalue weighted by atomic mass is 10.2. The maximum absolute atomic E-state index is 9.65. The van der Waals surface area contributed by atoms with E-state index in [1.165, 1.54) is 5.56 Å². The summed E-state index contributed by atoms with van der Waals surface area (Å²) in [6.45, 7) is 2.82. The molecule has 0 bridgehead atoms. The van der Waals surface area contributed by atoms with E-state index in [1.54, 1.807) is 0 Å². The highest BCUT2D eigenvalue weighted by molar-refractivity contribution is 5.17. The summed E-state index contributed by atoms with van der Waals surface area (Å²) in [5, 5.41) is 13.0. The monoisotopic (exact) mass is 206 g/mol. The van der Waals surface area contributed by atoms with Crippen LogP contribution in [-0.2, 0) is 6.54 Å². The number of hydrogen-bond donors (Lipinski definition) is 2. The summed E-state index contributed by atoms with van der Waals surface area (Å²) < 4.78 is 0. The van der Waals surface area contributed by atoms with E-state index in [9.17, 15) is 5.11 Å². The van der Waals surface area contributed by atoms with E-state index in [-0.39, 0.29) is 12.1 Å². The van der Waals surface area contributed by atoms with Crippen LogP contribution in [0.5, 0.6) is 0 Å². The smallest absolute Gasteiger partial charge is 0.0693 e. The zero-order chi connectivity index (χ0) is 10.7. The molecule has 82 valence electrons. The SMILES string of the molecule is Cc1cccnc1CN[C@H]1CCC[C@@H]1O. The number of aryl methyl sites for hydroxylation is 1. The molecule has 1 fully saturated rings. The Bertz CT molecular complexity index is 327. The number of aliphatic hydroxyl groups excluding tert-OH is 1. The predicted octanol–water partition coefficient (Wildman–Crippen LogP) is 1.39. The minimum Gasteiger partial charge on any atom is -0.392 e. The Morgan fingerprint density at radius 3 is 3.07 bits per heavy atom. The highest BCUT2D eigenvalue weighted by Crippen LogP contribution is 2.19. The van der Waals surface area contributed by atoms with E-state index in [0.717, 1.165) is 31.5 Å². The van der Waals surface area contributed by atoms with Crippen molar-refractivity contribution in [2.24, 2.45) is 0 Å². The molecule has 1 aromatic rings. The molecule has 0 amide bonds. The molecule has 0 spiro atoms. The van der Waals surface area contributed by atoms with E-state index >= 15 is 0 Å². The zero-order valence-electron chi connectivity index (χ0n) is 9.11. The Balaban J connectivity index is 1.90. The Morgan fingerprint density at radius 1 is 1.53 bits per heavy atom. The van der Waals surface area contributed by atoms with Crippen molar-refractivity contribution in [2.75, 3.05) is 0 Å². The van der Waals surface area contributed by atoms with Gasteiger partial charge in [0.15, 0.2) is 0 Å². The van der Waals surface area contributed by atoms with Gasteiger partial charge in [0, 0.05) is 18.8 Å². The molecule has 0 aromatic carbocycles. The fourth-order valence-corrected chi connectivity index (χ4v) is 2.11. The minimum absolute atomic E-state index is 0.172. The number of aromatic nitrogens is 1. The molecule has 3 nitrogen and oxygen atoms in total. The second-order valence-electron chi connectivity index (χ2n) is 4.25.